The Balaban J connectivity index is 1.62. The van der Waals surface area contributed by atoms with Gasteiger partial charge in [0.25, 0.3) is 0 Å². The molecule has 3 aromatic rings. The van der Waals surface area contributed by atoms with E-state index in [1.165, 1.54) is 0 Å². The molecule has 0 aliphatic carbocycles. The first kappa shape index (κ1) is 18.0. The predicted molar refractivity (Wildman–Crippen MR) is 108 cm³/mol. The van der Waals surface area contributed by atoms with Crippen LogP contribution in [0.3, 0.4) is 0 Å². The van der Waals surface area contributed by atoms with Crippen molar-refractivity contribution in [2.45, 2.75) is 37.5 Å². The van der Waals surface area contributed by atoms with Gasteiger partial charge < -0.3 is 9.88 Å². The summed E-state index contributed by atoms with van der Waals surface area (Å²) in [6.45, 7) is 2.78. The molecule has 0 bridgehead atoms. The zero-order chi connectivity index (χ0) is 18.8. The second-order valence-corrected chi connectivity index (χ2v) is 8.03. The van der Waals surface area contributed by atoms with Crippen LogP contribution in [0.2, 0.25) is 0 Å². The molecule has 2 unspecified atom stereocenters. The molecule has 1 N–H and O–H groups in total. The monoisotopic (exact) mass is 381 g/mol. The third-order valence-electron chi connectivity index (χ3n) is 5.17. The number of carbonyl (C=O) groups excluding carboxylic acids is 1. The van der Waals surface area contributed by atoms with Gasteiger partial charge in [0.1, 0.15) is 5.82 Å². The predicted octanol–water partition coefficient (Wildman–Crippen LogP) is 3.83. The van der Waals surface area contributed by atoms with E-state index in [-0.39, 0.29) is 17.2 Å². The minimum absolute atomic E-state index is 0.0230. The van der Waals surface area contributed by atoms with Gasteiger partial charge in [0.05, 0.1) is 28.0 Å². The van der Waals surface area contributed by atoms with Crippen molar-refractivity contribution in [2.75, 3.05) is 12.8 Å². The van der Waals surface area contributed by atoms with Gasteiger partial charge in [-0.25, -0.2) is 4.98 Å². The van der Waals surface area contributed by atoms with Gasteiger partial charge >= 0.3 is 0 Å². The Kier molecular flexibility index (Phi) is 5.11. The van der Waals surface area contributed by atoms with Crippen molar-refractivity contribution in [3.8, 4) is 11.3 Å². The zero-order valence-electron chi connectivity index (χ0n) is 15.6. The highest BCUT2D eigenvalue weighted by Gasteiger charge is 2.32. The van der Waals surface area contributed by atoms with Crippen molar-refractivity contribution in [2.24, 2.45) is 0 Å². The van der Waals surface area contributed by atoms with Crippen molar-refractivity contribution < 1.29 is 4.79 Å². The van der Waals surface area contributed by atoms with E-state index in [9.17, 15) is 4.79 Å². The van der Waals surface area contributed by atoms with E-state index in [4.69, 9.17) is 4.98 Å². The van der Waals surface area contributed by atoms with Gasteiger partial charge in [-0.05, 0) is 44.6 Å². The van der Waals surface area contributed by atoms with Crippen LogP contribution in [0.5, 0.6) is 0 Å². The molecular weight excluding hydrogens is 358 g/mol. The minimum atomic E-state index is -0.0286. The molecule has 1 fully saturated rings. The Hall–Kier alpha value is -2.41. The van der Waals surface area contributed by atoms with Crippen molar-refractivity contribution >= 4 is 28.7 Å². The van der Waals surface area contributed by atoms with Crippen LogP contribution in [-0.2, 0) is 4.79 Å². The van der Waals surface area contributed by atoms with E-state index in [0.717, 1.165) is 53.9 Å². The van der Waals surface area contributed by atoms with Gasteiger partial charge in [-0.3, -0.25) is 14.8 Å². The van der Waals surface area contributed by atoms with E-state index >= 15 is 0 Å². The fraction of sp³-hybridized carbons (Fsp3) is 0.400. The van der Waals surface area contributed by atoms with Gasteiger partial charge in [0.2, 0.25) is 5.91 Å². The molecule has 0 saturated carbocycles. The van der Waals surface area contributed by atoms with Crippen LogP contribution in [0.15, 0.2) is 36.8 Å². The molecule has 6 nitrogen and oxygen atoms in total. The number of nitrogens with zero attached hydrogens (tertiary/aromatic N) is 4. The Morgan fingerprint density at radius 2 is 2.07 bits per heavy atom. The third kappa shape index (κ3) is 3.56. The molecule has 1 aliphatic rings. The van der Waals surface area contributed by atoms with E-state index in [2.05, 4.69) is 15.0 Å². The molecule has 0 radical (unpaired) electrons. The number of hydrogen-bond donors (Lipinski definition) is 1. The number of nitrogens with one attached hydrogen (secondary N) is 1. The maximum absolute atomic E-state index is 12.8. The van der Waals surface area contributed by atoms with Crippen molar-refractivity contribution in [1.29, 1.82) is 0 Å². The van der Waals surface area contributed by atoms with Crippen LogP contribution >= 0.6 is 11.8 Å². The SMILES string of the molecule is CSC(C)C(=O)N1CCCCC1c1nc(-c2ccc3nccnc3c2)c[nH]1. The van der Waals surface area contributed by atoms with Crippen molar-refractivity contribution in [3.05, 3.63) is 42.6 Å². The summed E-state index contributed by atoms with van der Waals surface area (Å²) in [6, 6.07) is 6.00. The first-order chi connectivity index (χ1) is 13.2. The summed E-state index contributed by atoms with van der Waals surface area (Å²) in [5, 5.41) is -0.0286. The highest BCUT2D eigenvalue weighted by atomic mass is 32.2. The number of benzene rings is 1. The van der Waals surface area contributed by atoms with Gasteiger partial charge in [-0.15, -0.1) is 0 Å². The lowest BCUT2D eigenvalue weighted by atomic mass is 10.0. The van der Waals surface area contributed by atoms with Gasteiger partial charge in [-0.1, -0.05) is 6.07 Å². The Bertz CT molecular complexity index is 956. The number of amides is 1. The molecule has 1 amide bonds. The Morgan fingerprint density at radius 3 is 2.89 bits per heavy atom. The molecule has 0 spiro atoms. The number of aromatic nitrogens is 4. The summed E-state index contributed by atoms with van der Waals surface area (Å²) in [6.07, 6.45) is 10.4. The molecule has 27 heavy (non-hydrogen) atoms. The quantitative estimate of drug-likeness (QED) is 0.743. The first-order valence-electron chi connectivity index (χ1n) is 9.27. The topological polar surface area (TPSA) is 74.8 Å². The van der Waals surface area contributed by atoms with E-state index in [1.54, 1.807) is 24.2 Å². The Morgan fingerprint density at radius 1 is 1.26 bits per heavy atom. The van der Waals surface area contributed by atoms with E-state index in [1.807, 2.05) is 42.5 Å². The van der Waals surface area contributed by atoms with E-state index in [0.29, 0.717) is 0 Å². The summed E-state index contributed by atoms with van der Waals surface area (Å²) in [5.74, 6) is 1.07. The number of carbonyl (C=O) groups is 1. The fourth-order valence-electron chi connectivity index (χ4n) is 3.59. The lowest BCUT2D eigenvalue weighted by Crippen LogP contribution is -2.42. The molecule has 2 atom stereocenters. The summed E-state index contributed by atoms with van der Waals surface area (Å²) >= 11 is 1.59. The van der Waals surface area contributed by atoms with E-state index < -0.39 is 0 Å². The van der Waals surface area contributed by atoms with Gasteiger partial charge in [0, 0.05) is 30.7 Å². The third-order valence-corrected chi connectivity index (χ3v) is 6.07. The summed E-state index contributed by atoms with van der Waals surface area (Å²) in [7, 11) is 0. The highest BCUT2D eigenvalue weighted by Crippen LogP contribution is 2.32. The molecule has 4 rings (SSSR count). The normalized spacial score (nSPS) is 18.6. The molecule has 1 aromatic carbocycles. The van der Waals surface area contributed by atoms with Crippen LogP contribution in [-0.4, -0.2) is 48.8 Å². The summed E-state index contributed by atoms with van der Waals surface area (Å²) in [5.41, 5.74) is 3.58. The molecule has 1 aliphatic heterocycles. The summed E-state index contributed by atoms with van der Waals surface area (Å²) < 4.78 is 0. The maximum atomic E-state index is 12.8. The minimum Gasteiger partial charge on any atom is -0.346 e. The molecule has 140 valence electrons. The van der Waals surface area contributed by atoms with Crippen molar-refractivity contribution in [3.63, 3.8) is 0 Å². The zero-order valence-corrected chi connectivity index (χ0v) is 16.4. The smallest absolute Gasteiger partial charge is 0.236 e. The van der Waals surface area contributed by atoms with Crippen LogP contribution < -0.4 is 0 Å². The van der Waals surface area contributed by atoms with Crippen LogP contribution in [0.4, 0.5) is 0 Å². The second-order valence-electron chi connectivity index (χ2n) is 6.85. The summed E-state index contributed by atoms with van der Waals surface area (Å²) in [4.78, 5) is 31.6. The standard InChI is InChI=1S/C20H23N5OS/c1-13(27-2)20(26)25-10-4-3-5-18(25)19-23-12-17(24-19)14-6-7-15-16(11-14)22-9-8-21-15/h6-9,11-13,18H,3-5,10H2,1-2H3,(H,23,24). The maximum Gasteiger partial charge on any atom is 0.236 e. The molecule has 2 aromatic heterocycles. The number of aromatic amines is 1. The number of piperidine rings is 1. The lowest BCUT2D eigenvalue weighted by Gasteiger charge is -2.36. The Labute approximate surface area is 162 Å². The number of imidazole rings is 1. The fourth-order valence-corrected chi connectivity index (χ4v) is 3.93. The number of hydrogen-bond acceptors (Lipinski definition) is 5. The number of fused-ring (bicyclic) bond motifs is 1. The number of H-pyrrole nitrogens is 1. The van der Waals surface area contributed by atoms with Gasteiger partial charge in [-0.2, -0.15) is 11.8 Å². The van der Waals surface area contributed by atoms with Crippen molar-refractivity contribution in [1.82, 2.24) is 24.8 Å². The molecule has 3 heterocycles. The number of rotatable bonds is 4. The van der Waals surface area contributed by atoms with Gasteiger partial charge in [0.15, 0.2) is 0 Å². The lowest BCUT2D eigenvalue weighted by molar-refractivity contribution is -0.134. The van der Waals surface area contributed by atoms with Crippen LogP contribution in [0.1, 0.15) is 38.1 Å². The second kappa shape index (κ2) is 7.68. The largest absolute Gasteiger partial charge is 0.346 e. The molecular formula is C20H23N5OS. The number of likely N-dealkylation sites (tertiary alicyclic amines) is 1. The molecule has 1 saturated heterocycles. The molecule has 7 heteroatoms. The van der Waals surface area contributed by atoms with Crippen LogP contribution in [0, 0.1) is 0 Å². The average Bonchev–Trinajstić information content (AvgIpc) is 3.22. The first-order valence-corrected chi connectivity index (χ1v) is 10.6. The van der Waals surface area contributed by atoms with Crippen LogP contribution in [0.25, 0.3) is 22.3 Å². The highest BCUT2D eigenvalue weighted by molar-refractivity contribution is 7.99. The average molecular weight is 382 g/mol. The number of thioether (sulfide) groups is 1.